The topological polar surface area (TPSA) is 180 Å². The van der Waals surface area contributed by atoms with Crippen LogP contribution in [0.5, 0.6) is 0 Å². The van der Waals surface area contributed by atoms with Crippen molar-refractivity contribution in [3.8, 4) is 0 Å². The van der Waals surface area contributed by atoms with Crippen LogP contribution in [0.3, 0.4) is 0 Å². The highest BCUT2D eigenvalue weighted by Crippen LogP contribution is 2.35. The zero-order valence-corrected chi connectivity index (χ0v) is 17.9. The first-order valence-corrected chi connectivity index (χ1v) is 11.5. The second-order valence-corrected chi connectivity index (χ2v) is 9.96. The summed E-state index contributed by atoms with van der Waals surface area (Å²) < 4.78 is 35.1. The van der Waals surface area contributed by atoms with E-state index in [2.05, 4.69) is 0 Å². The summed E-state index contributed by atoms with van der Waals surface area (Å²) >= 11 is 0. The smallest absolute Gasteiger partial charge is 0.451 e. The van der Waals surface area contributed by atoms with E-state index in [0.717, 1.165) is 4.31 Å². The Hall–Kier alpha value is -1.74. The molecule has 13 heteroatoms. The number of nitrogens with two attached hydrogens (primary N) is 2. The molecule has 0 aliphatic carbocycles. The van der Waals surface area contributed by atoms with E-state index in [-0.39, 0.29) is 32.5 Å². The van der Waals surface area contributed by atoms with Gasteiger partial charge in [-0.1, -0.05) is 24.6 Å². The summed E-state index contributed by atoms with van der Waals surface area (Å²) in [7, 11) is -5.70. The van der Waals surface area contributed by atoms with Crippen LogP contribution in [0.2, 0.25) is 6.32 Å². The highest BCUT2D eigenvalue weighted by Gasteiger charge is 2.54. The molecular formula is C18H29BN4O7S. The van der Waals surface area contributed by atoms with E-state index in [9.17, 15) is 18.3 Å². The Balaban J connectivity index is 1.91. The highest BCUT2D eigenvalue weighted by atomic mass is 32.2. The summed E-state index contributed by atoms with van der Waals surface area (Å²) in [4.78, 5) is 12.0. The minimum absolute atomic E-state index is 0.0450. The molecule has 0 bridgehead atoms. The van der Waals surface area contributed by atoms with E-state index in [1.165, 1.54) is 4.31 Å². The van der Waals surface area contributed by atoms with Gasteiger partial charge in [-0.25, -0.2) is 0 Å². The predicted molar refractivity (Wildman–Crippen MR) is 114 cm³/mol. The average molecular weight is 456 g/mol. The van der Waals surface area contributed by atoms with Crippen LogP contribution in [-0.2, 0) is 19.7 Å². The molecule has 2 aliphatic rings. The molecule has 11 nitrogen and oxygen atoms in total. The zero-order valence-electron chi connectivity index (χ0n) is 17.1. The van der Waals surface area contributed by atoms with Gasteiger partial charge in [0.1, 0.15) is 5.54 Å². The second-order valence-electron chi connectivity index (χ2n) is 8.15. The number of carboxylic acids is 1. The normalized spacial score (nSPS) is 29.2. The summed E-state index contributed by atoms with van der Waals surface area (Å²) in [5, 5.41) is 27.9. The van der Waals surface area contributed by atoms with Crippen LogP contribution >= 0.6 is 0 Å². The van der Waals surface area contributed by atoms with Crippen molar-refractivity contribution in [2.24, 2.45) is 17.4 Å². The number of rotatable bonds is 9. The molecule has 1 aromatic rings. The molecular weight excluding hydrogens is 427 g/mol. The van der Waals surface area contributed by atoms with Gasteiger partial charge in [-0.05, 0) is 24.9 Å². The first kappa shape index (κ1) is 23.9. The number of nitrogens with zero attached hydrogens (tertiary/aromatic N) is 2. The summed E-state index contributed by atoms with van der Waals surface area (Å²) in [5.74, 6) is -1.99. The van der Waals surface area contributed by atoms with Crippen LogP contribution in [-0.4, -0.2) is 84.9 Å². The lowest BCUT2D eigenvalue weighted by Gasteiger charge is -2.34. The minimum Gasteiger partial charge on any atom is -0.480 e. The maximum Gasteiger partial charge on any atom is 0.451 e. The molecule has 0 aromatic heterocycles. The van der Waals surface area contributed by atoms with Crippen LogP contribution in [0.4, 0.5) is 5.69 Å². The van der Waals surface area contributed by atoms with Gasteiger partial charge in [0.2, 0.25) is 0 Å². The van der Waals surface area contributed by atoms with Crippen LogP contribution in [0.15, 0.2) is 30.3 Å². The number of benzene rings is 1. The average Bonchev–Trinajstić information content (AvgIpc) is 3.27. The molecule has 2 saturated heterocycles. The van der Waals surface area contributed by atoms with Gasteiger partial charge in [-0.3, -0.25) is 9.10 Å². The largest absolute Gasteiger partial charge is 0.480 e. The van der Waals surface area contributed by atoms with Crippen molar-refractivity contribution in [3.05, 3.63) is 30.3 Å². The summed E-state index contributed by atoms with van der Waals surface area (Å²) in [6.07, 6.45) is 0.583. The fraction of sp³-hybridized carbons (Fsp3) is 0.611. The molecule has 2 fully saturated rings. The zero-order chi connectivity index (χ0) is 22.8. The van der Waals surface area contributed by atoms with E-state index in [4.69, 9.17) is 26.3 Å². The quantitative estimate of drug-likeness (QED) is 0.274. The number of hydrogen-bond acceptors (Lipinski definition) is 8. The van der Waals surface area contributed by atoms with E-state index in [1.807, 2.05) is 0 Å². The molecule has 31 heavy (non-hydrogen) atoms. The van der Waals surface area contributed by atoms with Gasteiger partial charge in [0, 0.05) is 19.0 Å². The Bertz CT molecular complexity index is 875. The van der Waals surface area contributed by atoms with Crippen molar-refractivity contribution in [1.82, 2.24) is 4.31 Å². The second kappa shape index (κ2) is 9.41. The molecule has 2 aliphatic heterocycles. The van der Waals surface area contributed by atoms with Crippen molar-refractivity contribution in [2.45, 2.75) is 36.8 Å². The lowest BCUT2D eigenvalue weighted by molar-refractivity contribution is -0.144. The minimum atomic E-state index is -4.18. The lowest BCUT2D eigenvalue weighted by Crippen LogP contribution is -2.57. The fourth-order valence-electron chi connectivity index (χ4n) is 4.20. The molecule has 0 spiro atoms. The Morgan fingerprint density at radius 2 is 1.97 bits per heavy atom. The predicted octanol–water partition coefficient (Wildman–Crippen LogP) is -1.57. The number of aliphatic carboxylic acids is 1. The van der Waals surface area contributed by atoms with Crippen LogP contribution in [0.25, 0.3) is 0 Å². The Morgan fingerprint density at radius 3 is 2.52 bits per heavy atom. The number of anilines is 1. The molecule has 0 amide bonds. The lowest BCUT2D eigenvalue weighted by atomic mass is 9.78. The molecule has 4 atom stereocenters. The Morgan fingerprint density at radius 1 is 1.29 bits per heavy atom. The van der Waals surface area contributed by atoms with Gasteiger partial charge in [-0.2, -0.15) is 12.7 Å². The Kier molecular flexibility index (Phi) is 7.26. The van der Waals surface area contributed by atoms with Crippen LogP contribution in [0, 0.1) is 5.92 Å². The van der Waals surface area contributed by atoms with Gasteiger partial charge >= 0.3 is 23.3 Å². The van der Waals surface area contributed by atoms with E-state index >= 15 is 0 Å². The third-order valence-corrected chi connectivity index (χ3v) is 7.89. The monoisotopic (exact) mass is 456 g/mol. The van der Waals surface area contributed by atoms with Crippen molar-refractivity contribution >= 4 is 29.0 Å². The summed E-state index contributed by atoms with van der Waals surface area (Å²) in [5.41, 5.74) is 10.9. The first-order valence-electron chi connectivity index (χ1n) is 10.1. The molecule has 172 valence electrons. The molecule has 0 saturated carbocycles. The van der Waals surface area contributed by atoms with Crippen molar-refractivity contribution < 1.29 is 33.1 Å². The number of carboxylic acid groups (broad SMARTS) is 1. The van der Waals surface area contributed by atoms with Gasteiger partial charge < -0.3 is 31.4 Å². The van der Waals surface area contributed by atoms with E-state index < -0.39 is 53.4 Å². The first-order chi connectivity index (χ1) is 14.6. The van der Waals surface area contributed by atoms with Gasteiger partial charge in [0.05, 0.1) is 31.0 Å². The molecule has 0 radical (unpaired) electrons. The van der Waals surface area contributed by atoms with Gasteiger partial charge in [0.15, 0.2) is 0 Å². The van der Waals surface area contributed by atoms with Crippen molar-refractivity contribution in [3.63, 3.8) is 0 Å². The molecule has 3 rings (SSSR count). The summed E-state index contributed by atoms with van der Waals surface area (Å²) in [6, 6.07) is 7.27. The Labute approximate surface area is 181 Å². The molecule has 7 N–H and O–H groups in total. The highest BCUT2D eigenvalue weighted by molar-refractivity contribution is 7.90. The number of ether oxygens (including phenoxy) is 1. The van der Waals surface area contributed by atoms with Crippen LogP contribution in [0.1, 0.15) is 12.8 Å². The standard InChI is InChI=1S/C18H29BN4O7S/c20-15-10-30-11-16(15)23(14-6-2-1-3-7-14)31(28,29)22-9-13(5-4-8-19(26)27)18(21,12-22)17(24)25/h1-3,6-7,13,15-16,26-27H,4-5,8-12,20-21H2,(H,24,25)/t13-,15?,16?,18-/m0/s1. The van der Waals surface area contributed by atoms with E-state index in [1.54, 1.807) is 30.3 Å². The van der Waals surface area contributed by atoms with Gasteiger partial charge in [-0.15, -0.1) is 0 Å². The van der Waals surface area contributed by atoms with Gasteiger partial charge in [0.25, 0.3) is 0 Å². The SMILES string of the molecule is NC1COCC1N(c1ccccc1)S(=O)(=O)N1C[C@H](CCCB(O)O)[C@](N)(C(=O)O)C1. The number of hydrogen-bond donors (Lipinski definition) is 5. The van der Waals surface area contributed by atoms with E-state index in [0.29, 0.717) is 12.1 Å². The van der Waals surface area contributed by atoms with Crippen molar-refractivity contribution in [1.29, 1.82) is 0 Å². The fourth-order valence-corrected chi connectivity index (χ4v) is 6.15. The molecule has 2 unspecified atom stereocenters. The summed E-state index contributed by atoms with van der Waals surface area (Å²) in [6.45, 7) is -0.165. The maximum atomic E-state index is 13.7. The third-order valence-electron chi connectivity index (χ3n) is 5.98. The van der Waals surface area contributed by atoms with Crippen molar-refractivity contribution in [2.75, 3.05) is 30.6 Å². The number of carbonyl (C=O) groups is 1. The third kappa shape index (κ3) is 4.87. The maximum absolute atomic E-state index is 13.7. The molecule has 1 aromatic carbocycles. The molecule has 2 heterocycles. The van der Waals surface area contributed by atoms with Crippen LogP contribution < -0.4 is 15.8 Å². The number of para-hydroxylation sites is 1.